The monoisotopic (exact) mass is 300 g/mol. The van der Waals surface area contributed by atoms with E-state index in [-0.39, 0.29) is 5.54 Å². The molecule has 0 bridgehead atoms. The van der Waals surface area contributed by atoms with Gasteiger partial charge in [0, 0.05) is 31.2 Å². The molecule has 2 aromatic carbocycles. The van der Waals surface area contributed by atoms with Crippen LogP contribution in [0, 0.1) is 0 Å². The van der Waals surface area contributed by atoms with Crippen LogP contribution >= 0.6 is 11.6 Å². The van der Waals surface area contributed by atoms with E-state index in [9.17, 15) is 0 Å². The molecule has 2 nitrogen and oxygen atoms in total. The minimum Gasteiger partial charge on any atom is -0.305 e. The molecule has 0 radical (unpaired) electrons. The Morgan fingerprint density at radius 2 is 1.81 bits per heavy atom. The van der Waals surface area contributed by atoms with Gasteiger partial charge in [0.15, 0.2) is 0 Å². The maximum absolute atomic E-state index is 6.29. The van der Waals surface area contributed by atoms with Crippen LogP contribution < -0.4 is 5.32 Å². The van der Waals surface area contributed by atoms with Gasteiger partial charge in [0.05, 0.1) is 5.54 Å². The second-order valence-corrected chi connectivity index (χ2v) is 6.33. The predicted molar refractivity (Wildman–Crippen MR) is 88.5 cm³/mol. The molecule has 110 valence electrons. The zero-order valence-electron chi connectivity index (χ0n) is 12.3. The number of piperazine rings is 1. The minimum atomic E-state index is 0.000760. The van der Waals surface area contributed by atoms with Gasteiger partial charge in [-0.3, -0.25) is 4.90 Å². The molecule has 21 heavy (non-hydrogen) atoms. The standard InChI is InChI=1S/C18H21ClN2/c1-18(16-8-3-2-4-9-16)14-21(12-11-20-18)13-15-7-5-6-10-17(15)19/h2-10,20H,11-14H2,1H3. The quantitative estimate of drug-likeness (QED) is 0.930. The maximum Gasteiger partial charge on any atom is 0.0535 e. The second kappa shape index (κ2) is 6.18. The van der Waals surface area contributed by atoms with E-state index in [1.807, 2.05) is 12.1 Å². The van der Waals surface area contributed by atoms with Gasteiger partial charge >= 0.3 is 0 Å². The van der Waals surface area contributed by atoms with Crippen molar-refractivity contribution < 1.29 is 0 Å². The van der Waals surface area contributed by atoms with Crippen molar-refractivity contribution in [3.05, 3.63) is 70.7 Å². The summed E-state index contributed by atoms with van der Waals surface area (Å²) in [6.45, 7) is 6.22. The van der Waals surface area contributed by atoms with E-state index in [1.165, 1.54) is 11.1 Å². The van der Waals surface area contributed by atoms with Crippen molar-refractivity contribution in [3.8, 4) is 0 Å². The molecule has 2 aromatic rings. The van der Waals surface area contributed by atoms with Crippen LogP contribution in [0.25, 0.3) is 0 Å². The number of nitrogens with zero attached hydrogens (tertiary/aromatic N) is 1. The lowest BCUT2D eigenvalue weighted by Crippen LogP contribution is -2.56. The second-order valence-electron chi connectivity index (χ2n) is 5.93. The molecule has 0 aliphatic carbocycles. The van der Waals surface area contributed by atoms with Crippen LogP contribution in [0.5, 0.6) is 0 Å². The first kappa shape index (κ1) is 14.6. The summed E-state index contributed by atoms with van der Waals surface area (Å²) in [6, 6.07) is 18.8. The summed E-state index contributed by atoms with van der Waals surface area (Å²) in [4.78, 5) is 2.48. The van der Waals surface area contributed by atoms with Gasteiger partial charge in [-0.15, -0.1) is 0 Å². The van der Waals surface area contributed by atoms with Crippen molar-refractivity contribution in [2.75, 3.05) is 19.6 Å². The highest BCUT2D eigenvalue weighted by molar-refractivity contribution is 6.31. The van der Waals surface area contributed by atoms with Gasteiger partial charge < -0.3 is 5.32 Å². The van der Waals surface area contributed by atoms with Gasteiger partial charge in [0.25, 0.3) is 0 Å². The fourth-order valence-corrected chi connectivity index (χ4v) is 3.27. The van der Waals surface area contributed by atoms with Crippen molar-refractivity contribution in [2.24, 2.45) is 0 Å². The average Bonchev–Trinajstić information content (AvgIpc) is 2.51. The fourth-order valence-electron chi connectivity index (χ4n) is 3.07. The number of nitrogens with one attached hydrogen (secondary N) is 1. The van der Waals surface area contributed by atoms with Gasteiger partial charge in [-0.25, -0.2) is 0 Å². The van der Waals surface area contributed by atoms with Crippen LogP contribution in [0.3, 0.4) is 0 Å². The van der Waals surface area contributed by atoms with E-state index < -0.39 is 0 Å². The molecule has 3 rings (SSSR count). The minimum absolute atomic E-state index is 0.000760. The Hall–Kier alpha value is -1.35. The van der Waals surface area contributed by atoms with Gasteiger partial charge in [0.1, 0.15) is 0 Å². The number of halogens is 1. The molecule has 1 unspecified atom stereocenters. The number of benzene rings is 2. The normalized spacial score (nSPS) is 23.1. The Balaban J connectivity index is 1.76. The van der Waals surface area contributed by atoms with E-state index >= 15 is 0 Å². The zero-order chi connectivity index (χ0) is 14.7. The van der Waals surface area contributed by atoms with Crippen LogP contribution in [0.15, 0.2) is 54.6 Å². The SMILES string of the molecule is CC1(c2ccccc2)CN(Cc2ccccc2Cl)CCN1. The van der Waals surface area contributed by atoms with Crippen molar-refractivity contribution in [1.82, 2.24) is 10.2 Å². The molecule has 1 aliphatic rings. The molecule has 1 saturated heterocycles. The molecule has 0 amide bonds. The molecule has 1 aliphatic heterocycles. The topological polar surface area (TPSA) is 15.3 Å². The van der Waals surface area contributed by atoms with Gasteiger partial charge in [-0.05, 0) is 24.1 Å². The third kappa shape index (κ3) is 3.29. The molecule has 1 N–H and O–H groups in total. The molecular weight excluding hydrogens is 280 g/mol. The van der Waals surface area contributed by atoms with Crippen LogP contribution in [0.4, 0.5) is 0 Å². The Bertz CT molecular complexity index is 599. The molecule has 0 saturated carbocycles. The lowest BCUT2D eigenvalue weighted by Gasteiger charge is -2.42. The van der Waals surface area contributed by atoms with Crippen LogP contribution in [-0.4, -0.2) is 24.5 Å². The van der Waals surface area contributed by atoms with E-state index in [4.69, 9.17) is 11.6 Å². The summed E-state index contributed by atoms with van der Waals surface area (Å²) in [5.41, 5.74) is 2.55. The Morgan fingerprint density at radius 3 is 2.57 bits per heavy atom. The summed E-state index contributed by atoms with van der Waals surface area (Å²) in [5, 5.41) is 4.53. The highest BCUT2D eigenvalue weighted by atomic mass is 35.5. The summed E-state index contributed by atoms with van der Waals surface area (Å²) >= 11 is 6.29. The highest BCUT2D eigenvalue weighted by Crippen LogP contribution is 2.26. The first-order valence-electron chi connectivity index (χ1n) is 7.44. The fraction of sp³-hybridized carbons (Fsp3) is 0.333. The Kier molecular flexibility index (Phi) is 4.29. The van der Waals surface area contributed by atoms with Gasteiger partial charge in [-0.2, -0.15) is 0 Å². The van der Waals surface area contributed by atoms with Gasteiger partial charge in [0.2, 0.25) is 0 Å². The predicted octanol–water partition coefficient (Wildman–Crippen LogP) is 3.66. The molecule has 0 spiro atoms. The van der Waals surface area contributed by atoms with Crippen molar-refractivity contribution in [2.45, 2.75) is 19.0 Å². The first-order chi connectivity index (χ1) is 10.2. The third-order valence-electron chi connectivity index (χ3n) is 4.25. The molecular formula is C18H21ClN2. The first-order valence-corrected chi connectivity index (χ1v) is 7.81. The molecule has 1 fully saturated rings. The lowest BCUT2D eigenvalue weighted by atomic mass is 9.89. The van der Waals surface area contributed by atoms with Crippen LogP contribution in [0.2, 0.25) is 5.02 Å². The number of rotatable bonds is 3. The summed E-state index contributed by atoms with van der Waals surface area (Å²) in [6.07, 6.45) is 0. The van der Waals surface area contributed by atoms with E-state index in [0.29, 0.717) is 0 Å². The third-order valence-corrected chi connectivity index (χ3v) is 4.61. The van der Waals surface area contributed by atoms with E-state index in [1.54, 1.807) is 0 Å². The Labute approximate surface area is 131 Å². The number of hydrogen-bond donors (Lipinski definition) is 1. The molecule has 0 aromatic heterocycles. The molecule has 1 atom stereocenters. The molecule has 3 heteroatoms. The van der Waals surface area contributed by atoms with Crippen molar-refractivity contribution >= 4 is 11.6 Å². The van der Waals surface area contributed by atoms with Crippen LogP contribution in [0.1, 0.15) is 18.1 Å². The van der Waals surface area contributed by atoms with Gasteiger partial charge in [-0.1, -0.05) is 60.1 Å². The van der Waals surface area contributed by atoms with E-state index in [0.717, 1.165) is 31.2 Å². The lowest BCUT2D eigenvalue weighted by molar-refractivity contribution is 0.136. The largest absolute Gasteiger partial charge is 0.305 e. The average molecular weight is 301 g/mol. The van der Waals surface area contributed by atoms with E-state index in [2.05, 4.69) is 59.6 Å². The zero-order valence-corrected chi connectivity index (χ0v) is 13.1. The van der Waals surface area contributed by atoms with Crippen molar-refractivity contribution in [3.63, 3.8) is 0 Å². The summed E-state index contributed by atoms with van der Waals surface area (Å²) in [5.74, 6) is 0. The maximum atomic E-state index is 6.29. The van der Waals surface area contributed by atoms with Crippen LogP contribution in [-0.2, 0) is 12.1 Å². The highest BCUT2D eigenvalue weighted by Gasteiger charge is 2.32. The number of hydrogen-bond acceptors (Lipinski definition) is 2. The Morgan fingerprint density at radius 1 is 1.10 bits per heavy atom. The molecule has 1 heterocycles. The smallest absolute Gasteiger partial charge is 0.0535 e. The summed E-state index contributed by atoms with van der Waals surface area (Å²) in [7, 11) is 0. The van der Waals surface area contributed by atoms with Crippen molar-refractivity contribution in [1.29, 1.82) is 0 Å². The summed E-state index contributed by atoms with van der Waals surface area (Å²) < 4.78 is 0.